The molecule has 0 saturated carbocycles. The molecule has 3 nitrogen and oxygen atoms in total. The molecule has 0 unspecified atom stereocenters. The molecule has 2 heterocycles. The van der Waals surface area contributed by atoms with Crippen LogP contribution < -0.4 is 0 Å². The van der Waals surface area contributed by atoms with E-state index in [1.165, 1.54) is 21.8 Å². The van der Waals surface area contributed by atoms with Gasteiger partial charge in [0.1, 0.15) is 6.73 Å². The third-order valence-electron chi connectivity index (χ3n) is 3.08. The van der Waals surface area contributed by atoms with Crippen LogP contribution in [0.2, 0.25) is 0 Å². The van der Waals surface area contributed by atoms with Crippen LogP contribution in [0.4, 0.5) is 0 Å². The van der Waals surface area contributed by atoms with Gasteiger partial charge in [0.2, 0.25) is 0 Å². The molecule has 0 bridgehead atoms. The Morgan fingerprint density at radius 2 is 1.69 bits per heavy atom. The molecule has 0 aliphatic rings. The lowest BCUT2D eigenvalue weighted by Crippen LogP contribution is -1.96. The summed E-state index contributed by atoms with van der Waals surface area (Å²) >= 11 is 0. The Labute approximate surface area is 93.8 Å². The zero-order valence-corrected chi connectivity index (χ0v) is 9.47. The summed E-state index contributed by atoms with van der Waals surface area (Å²) in [4.78, 5) is 0. The highest BCUT2D eigenvalue weighted by Gasteiger charge is 2.06. The first-order chi connectivity index (χ1) is 7.81. The Balaban J connectivity index is 2.36. The average molecular weight is 214 g/mol. The van der Waals surface area contributed by atoms with Crippen molar-refractivity contribution in [3.8, 4) is 0 Å². The lowest BCUT2D eigenvalue weighted by Gasteiger charge is -2.03. The highest BCUT2D eigenvalue weighted by atomic mass is 16.5. The molecule has 1 aromatic carbocycles. The number of aryl methyl sites for hydroxylation is 1. The lowest BCUT2D eigenvalue weighted by atomic mass is 10.2. The Hall–Kier alpha value is -1.74. The zero-order chi connectivity index (χ0) is 11.1. The van der Waals surface area contributed by atoms with Gasteiger partial charge >= 0.3 is 0 Å². The first-order valence-electron chi connectivity index (χ1n) is 5.33. The zero-order valence-electron chi connectivity index (χ0n) is 9.47. The van der Waals surface area contributed by atoms with Gasteiger partial charge < -0.3 is 13.9 Å². The summed E-state index contributed by atoms with van der Waals surface area (Å²) in [5.74, 6) is 0. The Kier molecular flexibility index (Phi) is 2.01. The molecule has 0 saturated heterocycles. The fraction of sp³-hybridized carbons (Fsp3) is 0.231. The molecule has 3 heteroatoms. The van der Waals surface area contributed by atoms with Gasteiger partial charge in [-0.2, -0.15) is 0 Å². The minimum Gasteiger partial charge on any atom is -0.364 e. The Morgan fingerprint density at radius 3 is 2.50 bits per heavy atom. The summed E-state index contributed by atoms with van der Waals surface area (Å²) in [5, 5.41) is 2.59. The van der Waals surface area contributed by atoms with Gasteiger partial charge in [-0.3, -0.25) is 0 Å². The van der Waals surface area contributed by atoms with Gasteiger partial charge in [-0.05, 0) is 24.3 Å². The van der Waals surface area contributed by atoms with Crippen LogP contribution in [-0.4, -0.2) is 16.2 Å². The van der Waals surface area contributed by atoms with E-state index in [9.17, 15) is 0 Å². The minimum absolute atomic E-state index is 0.599. The second kappa shape index (κ2) is 3.39. The summed E-state index contributed by atoms with van der Waals surface area (Å²) in [7, 11) is 3.78. The molecule has 16 heavy (non-hydrogen) atoms. The second-order valence-corrected chi connectivity index (χ2v) is 4.06. The van der Waals surface area contributed by atoms with Crippen molar-refractivity contribution < 1.29 is 4.74 Å². The van der Waals surface area contributed by atoms with Crippen molar-refractivity contribution in [2.45, 2.75) is 6.73 Å². The lowest BCUT2D eigenvalue weighted by molar-refractivity contribution is 0.135. The van der Waals surface area contributed by atoms with Gasteiger partial charge in [-0.1, -0.05) is 0 Å². The molecule has 0 N–H and O–H groups in total. The summed E-state index contributed by atoms with van der Waals surface area (Å²) in [6.45, 7) is 0.599. The van der Waals surface area contributed by atoms with Gasteiger partial charge in [0.25, 0.3) is 0 Å². The van der Waals surface area contributed by atoms with Crippen LogP contribution in [0.1, 0.15) is 0 Å². The number of ether oxygens (including phenoxy) is 1. The Bertz CT molecular complexity index is 648. The molecular formula is C13H14N2O. The summed E-state index contributed by atoms with van der Waals surface area (Å²) in [5.41, 5.74) is 2.49. The number of rotatable bonds is 2. The monoisotopic (exact) mass is 214 g/mol. The predicted octanol–water partition coefficient (Wildman–Crippen LogP) is 2.74. The molecule has 0 amide bonds. The number of methoxy groups -OCH3 is 1. The number of nitrogens with zero attached hydrogens (tertiary/aromatic N) is 2. The van der Waals surface area contributed by atoms with Crippen LogP contribution in [0, 0.1) is 0 Å². The van der Waals surface area contributed by atoms with Gasteiger partial charge in [0, 0.05) is 42.8 Å². The van der Waals surface area contributed by atoms with E-state index in [0.717, 1.165) is 0 Å². The van der Waals surface area contributed by atoms with E-state index in [0.29, 0.717) is 6.73 Å². The largest absolute Gasteiger partial charge is 0.364 e. The van der Waals surface area contributed by atoms with Crippen molar-refractivity contribution >= 4 is 21.8 Å². The highest BCUT2D eigenvalue weighted by Crippen LogP contribution is 2.26. The number of aromatic nitrogens is 2. The van der Waals surface area contributed by atoms with Crippen molar-refractivity contribution in [1.82, 2.24) is 9.13 Å². The van der Waals surface area contributed by atoms with Crippen LogP contribution >= 0.6 is 0 Å². The maximum Gasteiger partial charge on any atom is 0.122 e. The standard InChI is InChI=1S/C13H14N2O/c1-14-7-5-10-11-6-8-15(9-16-2)13(11)4-3-12(10)14/h3-8H,9H2,1-2H3. The molecule has 3 aromatic rings. The maximum absolute atomic E-state index is 5.17. The van der Waals surface area contributed by atoms with Crippen molar-refractivity contribution in [2.24, 2.45) is 7.05 Å². The van der Waals surface area contributed by atoms with E-state index in [-0.39, 0.29) is 0 Å². The molecular weight excluding hydrogens is 200 g/mol. The van der Waals surface area contributed by atoms with Crippen LogP contribution in [0.25, 0.3) is 21.8 Å². The third-order valence-corrected chi connectivity index (χ3v) is 3.08. The summed E-state index contributed by atoms with van der Waals surface area (Å²) < 4.78 is 9.42. The molecule has 2 aromatic heterocycles. The first kappa shape index (κ1) is 9.48. The fourth-order valence-corrected chi connectivity index (χ4v) is 2.28. The van der Waals surface area contributed by atoms with Gasteiger partial charge in [0.05, 0.1) is 5.52 Å². The van der Waals surface area contributed by atoms with Gasteiger partial charge in [-0.25, -0.2) is 0 Å². The molecule has 82 valence electrons. The normalized spacial score (nSPS) is 11.6. The van der Waals surface area contributed by atoms with Gasteiger partial charge in [-0.15, -0.1) is 0 Å². The fourth-order valence-electron chi connectivity index (χ4n) is 2.28. The molecule has 0 aliphatic carbocycles. The van der Waals surface area contributed by atoms with Crippen molar-refractivity contribution in [3.63, 3.8) is 0 Å². The molecule has 0 aliphatic heterocycles. The summed E-state index contributed by atoms with van der Waals surface area (Å²) in [6.07, 6.45) is 4.17. The predicted molar refractivity (Wildman–Crippen MR) is 65.4 cm³/mol. The maximum atomic E-state index is 5.17. The third kappa shape index (κ3) is 1.18. The molecule has 0 radical (unpaired) electrons. The smallest absolute Gasteiger partial charge is 0.122 e. The van der Waals surface area contributed by atoms with E-state index in [4.69, 9.17) is 4.74 Å². The minimum atomic E-state index is 0.599. The van der Waals surface area contributed by atoms with Crippen LogP contribution in [0.5, 0.6) is 0 Å². The van der Waals surface area contributed by atoms with Crippen LogP contribution in [0.3, 0.4) is 0 Å². The number of benzene rings is 1. The highest BCUT2D eigenvalue weighted by molar-refractivity contribution is 6.05. The van der Waals surface area contributed by atoms with Gasteiger partial charge in [0.15, 0.2) is 0 Å². The number of hydrogen-bond donors (Lipinski definition) is 0. The quantitative estimate of drug-likeness (QED) is 0.642. The molecule has 0 atom stereocenters. The van der Waals surface area contributed by atoms with Crippen molar-refractivity contribution in [1.29, 1.82) is 0 Å². The topological polar surface area (TPSA) is 19.1 Å². The van der Waals surface area contributed by atoms with E-state index >= 15 is 0 Å². The van der Waals surface area contributed by atoms with Crippen molar-refractivity contribution in [2.75, 3.05) is 7.11 Å². The summed E-state index contributed by atoms with van der Waals surface area (Å²) in [6, 6.07) is 8.62. The van der Waals surface area contributed by atoms with Crippen LogP contribution in [0.15, 0.2) is 36.7 Å². The Morgan fingerprint density at radius 1 is 1.00 bits per heavy atom. The number of hydrogen-bond acceptors (Lipinski definition) is 1. The van der Waals surface area contributed by atoms with Crippen molar-refractivity contribution in [3.05, 3.63) is 36.7 Å². The molecule has 0 spiro atoms. The SMILES string of the molecule is COCn1ccc2c3ccn(C)c3ccc21. The second-order valence-electron chi connectivity index (χ2n) is 4.06. The average Bonchev–Trinajstić information content (AvgIpc) is 2.84. The first-order valence-corrected chi connectivity index (χ1v) is 5.33. The van der Waals surface area contributed by atoms with Crippen LogP contribution in [-0.2, 0) is 18.5 Å². The van der Waals surface area contributed by atoms with E-state index < -0.39 is 0 Å². The van der Waals surface area contributed by atoms with E-state index in [1.807, 2.05) is 0 Å². The number of fused-ring (bicyclic) bond motifs is 3. The molecule has 0 fully saturated rings. The molecule has 3 rings (SSSR count). The van der Waals surface area contributed by atoms with E-state index in [1.54, 1.807) is 7.11 Å². The van der Waals surface area contributed by atoms with E-state index in [2.05, 4.69) is 52.8 Å².